The van der Waals surface area contributed by atoms with Crippen molar-refractivity contribution in [2.75, 3.05) is 0 Å². The lowest BCUT2D eigenvalue weighted by Gasteiger charge is -1.94. The molecule has 0 aliphatic heterocycles. The van der Waals surface area contributed by atoms with E-state index in [2.05, 4.69) is 9.97 Å². The summed E-state index contributed by atoms with van der Waals surface area (Å²) < 4.78 is 0. The van der Waals surface area contributed by atoms with Crippen LogP contribution in [0.25, 0.3) is 11.4 Å². The Hall–Kier alpha value is -1.77. The summed E-state index contributed by atoms with van der Waals surface area (Å²) >= 11 is 0. The molecule has 0 spiro atoms. The highest BCUT2D eigenvalue weighted by Gasteiger charge is 2.05. The number of nitrogens with one attached hydrogen (secondary N) is 2. The lowest BCUT2D eigenvalue weighted by atomic mass is 10.2. The number of H-pyrrole nitrogens is 2. The first kappa shape index (κ1) is 7.86. The third-order valence-corrected chi connectivity index (χ3v) is 2.03. The minimum Gasteiger partial charge on any atom is -0.360 e. The smallest absolute Gasteiger partial charge is 0.166 e. The maximum atomic E-state index is 10.5. The maximum Gasteiger partial charge on any atom is 0.166 e. The Morgan fingerprint density at radius 1 is 1.46 bits per heavy atom. The highest BCUT2D eigenvalue weighted by Crippen LogP contribution is 2.20. The van der Waals surface area contributed by atoms with Gasteiger partial charge in [-0.3, -0.25) is 4.79 Å². The van der Waals surface area contributed by atoms with Crippen molar-refractivity contribution < 1.29 is 4.79 Å². The molecule has 66 valence electrons. The number of aryl methyl sites for hydroxylation is 1. The normalized spacial score (nSPS) is 10.2. The van der Waals surface area contributed by atoms with E-state index in [-0.39, 0.29) is 0 Å². The molecule has 0 saturated carbocycles. The quantitative estimate of drug-likeness (QED) is 0.673. The number of aromatic amines is 2. The molecule has 0 saturated heterocycles. The molecule has 0 unspecified atom stereocenters. The first-order chi connectivity index (χ1) is 6.31. The van der Waals surface area contributed by atoms with Crippen molar-refractivity contribution in [1.82, 2.24) is 9.97 Å². The van der Waals surface area contributed by atoms with Crippen LogP contribution < -0.4 is 0 Å². The molecule has 2 N–H and O–H groups in total. The number of carbonyl (C=O) groups is 1. The SMILES string of the molecule is Cc1cc(C=O)[nH]c1-c1ccc[nH]1. The van der Waals surface area contributed by atoms with Crippen LogP contribution in [0.4, 0.5) is 0 Å². The van der Waals surface area contributed by atoms with E-state index in [1.54, 1.807) is 0 Å². The number of aromatic nitrogens is 2. The predicted octanol–water partition coefficient (Wildman–Crippen LogP) is 2.13. The van der Waals surface area contributed by atoms with E-state index in [1.165, 1.54) is 0 Å². The van der Waals surface area contributed by atoms with Crippen molar-refractivity contribution in [3.8, 4) is 11.4 Å². The summed E-state index contributed by atoms with van der Waals surface area (Å²) in [5, 5.41) is 0. The van der Waals surface area contributed by atoms with Crippen LogP contribution >= 0.6 is 0 Å². The Morgan fingerprint density at radius 3 is 2.85 bits per heavy atom. The van der Waals surface area contributed by atoms with Gasteiger partial charge in [0.2, 0.25) is 0 Å². The van der Waals surface area contributed by atoms with Crippen LogP contribution in [0.5, 0.6) is 0 Å². The summed E-state index contributed by atoms with van der Waals surface area (Å²) in [6, 6.07) is 5.73. The number of rotatable bonds is 2. The van der Waals surface area contributed by atoms with Gasteiger partial charge in [-0.05, 0) is 30.7 Å². The van der Waals surface area contributed by atoms with E-state index in [0.29, 0.717) is 5.69 Å². The van der Waals surface area contributed by atoms with Crippen molar-refractivity contribution in [3.05, 3.63) is 35.7 Å². The highest BCUT2D eigenvalue weighted by atomic mass is 16.1. The van der Waals surface area contributed by atoms with E-state index < -0.39 is 0 Å². The second kappa shape index (κ2) is 2.94. The number of carbonyl (C=O) groups excluding carboxylic acids is 1. The fourth-order valence-corrected chi connectivity index (χ4v) is 1.41. The Labute approximate surface area is 75.8 Å². The number of aldehydes is 1. The van der Waals surface area contributed by atoms with Crippen LogP contribution in [0.15, 0.2) is 24.4 Å². The average molecular weight is 174 g/mol. The van der Waals surface area contributed by atoms with Gasteiger partial charge in [0, 0.05) is 6.20 Å². The van der Waals surface area contributed by atoms with Crippen molar-refractivity contribution >= 4 is 6.29 Å². The zero-order valence-electron chi connectivity index (χ0n) is 7.29. The molecular weight excluding hydrogens is 164 g/mol. The van der Waals surface area contributed by atoms with Gasteiger partial charge in [0.25, 0.3) is 0 Å². The van der Waals surface area contributed by atoms with Crippen molar-refractivity contribution in [2.45, 2.75) is 6.92 Å². The van der Waals surface area contributed by atoms with Gasteiger partial charge in [0.1, 0.15) is 0 Å². The van der Waals surface area contributed by atoms with Gasteiger partial charge in [-0.15, -0.1) is 0 Å². The number of hydrogen-bond acceptors (Lipinski definition) is 1. The molecule has 3 heteroatoms. The van der Waals surface area contributed by atoms with Crippen LogP contribution in [0.2, 0.25) is 0 Å². The molecule has 2 rings (SSSR count). The molecule has 0 amide bonds. The Kier molecular flexibility index (Phi) is 1.77. The van der Waals surface area contributed by atoms with E-state index in [1.807, 2.05) is 31.3 Å². The maximum absolute atomic E-state index is 10.5. The third-order valence-electron chi connectivity index (χ3n) is 2.03. The van der Waals surface area contributed by atoms with E-state index in [0.717, 1.165) is 23.2 Å². The van der Waals surface area contributed by atoms with E-state index in [9.17, 15) is 4.79 Å². The monoisotopic (exact) mass is 174 g/mol. The predicted molar refractivity (Wildman–Crippen MR) is 50.7 cm³/mol. The van der Waals surface area contributed by atoms with Crippen LogP contribution in [0.1, 0.15) is 16.1 Å². The second-order valence-electron chi connectivity index (χ2n) is 2.98. The molecular formula is C10H10N2O. The molecule has 0 fully saturated rings. The van der Waals surface area contributed by atoms with E-state index >= 15 is 0 Å². The molecule has 0 aliphatic carbocycles. The summed E-state index contributed by atoms with van der Waals surface area (Å²) in [7, 11) is 0. The Bertz CT molecular complexity index is 412. The van der Waals surface area contributed by atoms with Gasteiger partial charge in [-0.2, -0.15) is 0 Å². The first-order valence-corrected chi connectivity index (χ1v) is 4.10. The molecule has 2 aromatic heterocycles. The molecule has 3 nitrogen and oxygen atoms in total. The zero-order valence-corrected chi connectivity index (χ0v) is 7.29. The largest absolute Gasteiger partial charge is 0.360 e. The molecule has 2 aromatic rings. The average Bonchev–Trinajstić information content (AvgIpc) is 2.72. The van der Waals surface area contributed by atoms with Gasteiger partial charge >= 0.3 is 0 Å². The zero-order chi connectivity index (χ0) is 9.26. The fourth-order valence-electron chi connectivity index (χ4n) is 1.41. The highest BCUT2D eigenvalue weighted by molar-refractivity contribution is 5.76. The van der Waals surface area contributed by atoms with Gasteiger partial charge in [-0.25, -0.2) is 0 Å². The minimum absolute atomic E-state index is 0.613. The van der Waals surface area contributed by atoms with Crippen LogP contribution in [-0.2, 0) is 0 Å². The summed E-state index contributed by atoms with van der Waals surface area (Å²) in [4.78, 5) is 16.6. The standard InChI is InChI=1S/C10H10N2O/c1-7-5-8(6-13)12-10(7)9-3-2-4-11-9/h2-6,11-12H,1H3. The third kappa shape index (κ3) is 1.28. The minimum atomic E-state index is 0.613. The lowest BCUT2D eigenvalue weighted by molar-refractivity contribution is 0.111. The molecule has 0 radical (unpaired) electrons. The Balaban J connectivity index is 2.52. The van der Waals surface area contributed by atoms with Crippen LogP contribution in [0.3, 0.4) is 0 Å². The van der Waals surface area contributed by atoms with Crippen molar-refractivity contribution in [1.29, 1.82) is 0 Å². The van der Waals surface area contributed by atoms with Crippen molar-refractivity contribution in [3.63, 3.8) is 0 Å². The molecule has 0 aromatic carbocycles. The number of hydrogen-bond donors (Lipinski definition) is 2. The van der Waals surface area contributed by atoms with Crippen LogP contribution in [-0.4, -0.2) is 16.3 Å². The molecule has 13 heavy (non-hydrogen) atoms. The molecule has 0 aliphatic rings. The van der Waals surface area contributed by atoms with E-state index in [4.69, 9.17) is 0 Å². The molecule has 0 bridgehead atoms. The molecule has 2 heterocycles. The lowest BCUT2D eigenvalue weighted by Crippen LogP contribution is -1.81. The first-order valence-electron chi connectivity index (χ1n) is 4.10. The topological polar surface area (TPSA) is 48.6 Å². The van der Waals surface area contributed by atoms with Gasteiger partial charge in [0.05, 0.1) is 17.1 Å². The summed E-state index contributed by atoms with van der Waals surface area (Å²) in [6.07, 6.45) is 2.68. The van der Waals surface area contributed by atoms with Gasteiger partial charge < -0.3 is 9.97 Å². The molecule has 0 atom stereocenters. The Morgan fingerprint density at radius 2 is 2.31 bits per heavy atom. The summed E-state index contributed by atoms with van der Waals surface area (Å²) in [5.74, 6) is 0. The fraction of sp³-hybridized carbons (Fsp3) is 0.100. The summed E-state index contributed by atoms with van der Waals surface area (Å²) in [6.45, 7) is 1.97. The van der Waals surface area contributed by atoms with Crippen molar-refractivity contribution in [2.24, 2.45) is 0 Å². The van der Waals surface area contributed by atoms with Crippen LogP contribution in [0, 0.1) is 6.92 Å². The van der Waals surface area contributed by atoms with Gasteiger partial charge in [-0.1, -0.05) is 0 Å². The van der Waals surface area contributed by atoms with Gasteiger partial charge in [0.15, 0.2) is 6.29 Å². The second-order valence-corrected chi connectivity index (χ2v) is 2.98. The summed E-state index contributed by atoms with van der Waals surface area (Å²) in [5.41, 5.74) is 3.67.